The summed E-state index contributed by atoms with van der Waals surface area (Å²) in [4.78, 5) is 4.47. The molecule has 0 fully saturated rings. The fraction of sp³-hybridized carbons (Fsp3) is 0.294. The first-order chi connectivity index (χ1) is 10.1. The Balaban J connectivity index is 2.00. The van der Waals surface area contributed by atoms with Crippen LogP contribution in [0.3, 0.4) is 0 Å². The highest BCUT2D eigenvalue weighted by atomic mass is 16.3. The van der Waals surface area contributed by atoms with Crippen LogP contribution in [0, 0.1) is 5.92 Å². The molecular weight excluding hydrogens is 262 g/mol. The summed E-state index contributed by atoms with van der Waals surface area (Å²) in [5.41, 5.74) is 4.00. The van der Waals surface area contributed by atoms with Crippen molar-refractivity contribution in [2.24, 2.45) is 5.92 Å². The molecular formula is C17H19N3O. The molecule has 0 aliphatic carbocycles. The summed E-state index contributed by atoms with van der Waals surface area (Å²) in [6, 6.07) is 12.2. The third-order valence-electron chi connectivity index (χ3n) is 3.73. The minimum Gasteiger partial charge on any atom is -0.391 e. The highest BCUT2D eigenvalue weighted by Gasteiger charge is 2.13. The number of pyridine rings is 1. The van der Waals surface area contributed by atoms with E-state index in [1.54, 1.807) is 6.20 Å². The lowest BCUT2D eigenvalue weighted by molar-refractivity contribution is 0.104. The lowest BCUT2D eigenvalue weighted by Gasteiger charge is -2.14. The molecule has 108 valence electrons. The Kier molecular flexibility index (Phi) is 3.71. The van der Waals surface area contributed by atoms with Crippen molar-refractivity contribution < 1.29 is 5.11 Å². The molecule has 1 aromatic carbocycles. The van der Waals surface area contributed by atoms with Crippen molar-refractivity contribution in [2.45, 2.75) is 26.5 Å². The van der Waals surface area contributed by atoms with Gasteiger partial charge in [0.05, 0.1) is 24.4 Å². The van der Waals surface area contributed by atoms with E-state index < -0.39 is 6.10 Å². The molecule has 0 unspecified atom stereocenters. The van der Waals surface area contributed by atoms with Crippen LogP contribution in [-0.4, -0.2) is 26.0 Å². The summed E-state index contributed by atoms with van der Waals surface area (Å²) >= 11 is 0. The lowest BCUT2D eigenvalue weighted by atomic mass is 10.1. The van der Waals surface area contributed by atoms with E-state index in [9.17, 15) is 5.11 Å². The van der Waals surface area contributed by atoms with E-state index in [2.05, 4.69) is 28.3 Å². The van der Waals surface area contributed by atoms with E-state index in [0.29, 0.717) is 6.54 Å². The first kappa shape index (κ1) is 13.8. The molecule has 3 aromatic rings. The summed E-state index contributed by atoms with van der Waals surface area (Å²) in [7, 11) is 0. The fourth-order valence-corrected chi connectivity index (χ4v) is 2.28. The molecule has 0 aliphatic rings. The number of hydrogen-bond acceptors (Lipinski definition) is 3. The van der Waals surface area contributed by atoms with Crippen molar-refractivity contribution in [1.29, 1.82) is 0 Å². The number of hydrogen-bond donors (Lipinski definition) is 1. The molecule has 21 heavy (non-hydrogen) atoms. The van der Waals surface area contributed by atoms with Gasteiger partial charge in [-0.2, -0.15) is 5.10 Å². The average Bonchev–Trinajstić information content (AvgIpc) is 2.90. The van der Waals surface area contributed by atoms with Crippen LogP contribution in [0.2, 0.25) is 0 Å². The fourth-order valence-electron chi connectivity index (χ4n) is 2.28. The van der Waals surface area contributed by atoms with Crippen LogP contribution < -0.4 is 0 Å². The molecule has 4 nitrogen and oxygen atoms in total. The maximum Gasteiger partial charge on any atom is 0.108 e. The van der Waals surface area contributed by atoms with E-state index in [1.807, 2.05) is 42.9 Å². The number of aromatic nitrogens is 3. The Morgan fingerprint density at radius 1 is 1.10 bits per heavy atom. The summed E-state index contributed by atoms with van der Waals surface area (Å²) < 4.78 is 1.83. The van der Waals surface area contributed by atoms with Gasteiger partial charge in [-0.3, -0.25) is 9.67 Å². The summed E-state index contributed by atoms with van der Waals surface area (Å²) in [5, 5.41) is 14.4. The second-order valence-electron chi connectivity index (χ2n) is 5.63. The molecule has 3 rings (SSSR count). The standard InChI is InChI=1S/C17H19N3O/c1-12(2)17(21)11-20-16-8-14(9-18-15(16)10-19-20)13-6-4-3-5-7-13/h3-10,12,17,21H,11H2,1-2H3/t17-/m0/s1. The number of benzene rings is 1. The van der Waals surface area contributed by atoms with Gasteiger partial charge in [-0.05, 0) is 17.5 Å². The van der Waals surface area contributed by atoms with Gasteiger partial charge in [0.15, 0.2) is 0 Å². The molecule has 2 aromatic heterocycles. The van der Waals surface area contributed by atoms with Gasteiger partial charge in [0.1, 0.15) is 5.52 Å². The quantitative estimate of drug-likeness (QED) is 0.799. The van der Waals surface area contributed by atoms with Gasteiger partial charge in [0.25, 0.3) is 0 Å². The zero-order valence-electron chi connectivity index (χ0n) is 12.3. The first-order valence-electron chi connectivity index (χ1n) is 7.20. The molecule has 0 saturated carbocycles. The van der Waals surface area contributed by atoms with Gasteiger partial charge in [-0.1, -0.05) is 44.2 Å². The van der Waals surface area contributed by atoms with Crippen LogP contribution in [0.5, 0.6) is 0 Å². The monoisotopic (exact) mass is 281 g/mol. The van der Waals surface area contributed by atoms with Crippen LogP contribution in [0.1, 0.15) is 13.8 Å². The predicted octanol–water partition coefficient (Wildman–Crippen LogP) is 3.12. The minimum atomic E-state index is -0.409. The zero-order chi connectivity index (χ0) is 14.8. The van der Waals surface area contributed by atoms with Crippen molar-refractivity contribution in [2.75, 3.05) is 0 Å². The van der Waals surface area contributed by atoms with E-state index in [1.165, 1.54) is 0 Å². The van der Waals surface area contributed by atoms with Gasteiger partial charge in [0.2, 0.25) is 0 Å². The number of aliphatic hydroxyl groups is 1. The van der Waals surface area contributed by atoms with Crippen LogP contribution in [0.15, 0.2) is 48.8 Å². The minimum absolute atomic E-state index is 0.203. The van der Waals surface area contributed by atoms with Crippen molar-refractivity contribution in [3.05, 3.63) is 48.8 Å². The van der Waals surface area contributed by atoms with Crippen molar-refractivity contribution >= 4 is 11.0 Å². The van der Waals surface area contributed by atoms with E-state index in [-0.39, 0.29) is 5.92 Å². The lowest BCUT2D eigenvalue weighted by Crippen LogP contribution is -2.22. The third-order valence-corrected chi connectivity index (χ3v) is 3.73. The van der Waals surface area contributed by atoms with Crippen LogP contribution >= 0.6 is 0 Å². The number of fused-ring (bicyclic) bond motifs is 1. The molecule has 0 radical (unpaired) electrons. The second kappa shape index (κ2) is 5.66. The Morgan fingerprint density at radius 3 is 2.57 bits per heavy atom. The SMILES string of the molecule is CC(C)[C@@H](O)Cn1ncc2ncc(-c3ccccc3)cc21. The Hall–Kier alpha value is -2.20. The average molecular weight is 281 g/mol. The van der Waals surface area contributed by atoms with E-state index >= 15 is 0 Å². The smallest absolute Gasteiger partial charge is 0.108 e. The molecule has 1 atom stereocenters. The molecule has 0 bridgehead atoms. The maximum absolute atomic E-state index is 10.1. The third kappa shape index (κ3) is 2.81. The largest absolute Gasteiger partial charge is 0.391 e. The topological polar surface area (TPSA) is 50.9 Å². The normalized spacial score (nSPS) is 13.0. The molecule has 0 spiro atoms. The molecule has 0 amide bonds. The zero-order valence-corrected chi connectivity index (χ0v) is 12.3. The summed E-state index contributed by atoms with van der Waals surface area (Å²) in [6.45, 7) is 4.50. The van der Waals surface area contributed by atoms with Gasteiger partial charge in [-0.25, -0.2) is 0 Å². The van der Waals surface area contributed by atoms with Gasteiger partial charge in [-0.15, -0.1) is 0 Å². The maximum atomic E-state index is 10.1. The van der Waals surface area contributed by atoms with Crippen molar-refractivity contribution in [3.8, 4) is 11.1 Å². The molecule has 0 aliphatic heterocycles. The van der Waals surface area contributed by atoms with Gasteiger partial charge < -0.3 is 5.11 Å². The van der Waals surface area contributed by atoms with Gasteiger partial charge >= 0.3 is 0 Å². The molecule has 2 heterocycles. The Bertz CT molecular complexity index is 734. The second-order valence-corrected chi connectivity index (χ2v) is 5.63. The molecule has 0 saturated heterocycles. The summed E-state index contributed by atoms with van der Waals surface area (Å²) in [6.07, 6.45) is 3.20. The highest BCUT2D eigenvalue weighted by molar-refractivity contribution is 5.80. The van der Waals surface area contributed by atoms with Crippen LogP contribution in [0.4, 0.5) is 0 Å². The Labute approximate surface area is 124 Å². The van der Waals surface area contributed by atoms with Crippen molar-refractivity contribution in [3.63, 3.8) is 0 Å². The van der Waals surface area contributed by atoms with E-state index in [0.717, 1.165) is 22.2 Å². The number of rotatable bonds is 4. The first-order valence-corrected chi connectivity index (χ1v) is 7.20. The summed E-state index contributed by atoms with van der Waals surface area (Å²) in [5.74, 6) is 0.203. The van der Waals surface area contributed by atoms with Crippen LogP contribution in [0.25, 0.3) is 22.2 Å². The Morgan fingerprint density at radius 2 is 1.86 bits per heavy atom. The molecule has 4 heteroatoms. The number of nitrogens with zero attached hydrogens (tertiary/aromatic N) is 3. The van der Waals surface area contributed by atoms with E-state index in [4.69, 9.17) is 0 Å². The van der Waals surface area contributed by atoms with Crippen LogP contribution in [-0.2, 0) is 6.54 Å². The number of aliphatic hydroxyl groups excluding tert-OH is 1. The van der Waals surface area contributed by atoms with Crippen molar-refractivity contribution in [1.82, 2.24) is 14.8 Å². The van der Waals surface area contributed by atoms with Gasteiger partial charge in [0, 0.05) is 11.8 Å². The highest BCUT2D eigenvalue weighted by Crippen LogP contribution is 2.22. The predicted molar refractivity (Wildman–Crippen MR) is 83.8 cm³/mol. The molecule has 1 N–H and O–H groups in total.